The third-order valence-corrected chi connectivity index (χ3v) is 2.92. The third kappa shape index (κ3) is 5.86. The summed E-state index contributed by atoms with van der Waals surface area (Å²) >= 11 is 0. The van der Waals surface area contributed by atoms with E-state index < -0.39 is 29.6 Å². The van der Waals surface area contributed by atoms with Crippen LogP contribution >= 0.6 is 0 Å². The molecule has 0 saturated carbocycles. The van der Waals surface area contributed by atoms with Gasteiger partial charge in [0, 0.05) is 6.07 Å². The van der Waals surface area contributed by atoms with Crippen molar-refractivity contribution in [3.05, 3.63) is 29.8 Å². The maximum absolute atomic E-state index is 13.4. The molecule has 1 aromatic rings. The van der Waals surface area contributed by atoms with Gasteiger partial charge in [-0.05, 0) is 18.6 Å². The maximum Gasteiger partial charge on any atom is 0.230 e. The molecule has 0 heterocycles. The van der Waals surface area contributed by atoms with E-state index in [1.54, 1.807) is 0 Å². The second kappa shape index (κ2) is 8.31. The number of nitrogens with two attached hydrogens (primary N) is 1. The van der Waals surface area contributed by atoms with Crippen molar-refractivity contribution < 1.29 is 28.8 Å². The summed E-state index contributed by atoms with van der Waals surface area (Å²) in [6.07, 6.45) is 1.38. The van der Waals surface area contributed by atoms with Gasteiger partial charge in [-0.3, -0.25) is 4.79 Å². The molecule has 116 valence electrons. The number of nitrogens with one attached hydrogen (secondary N) is 1. The highest BCUT2D eigenvalue weighted by Crippen LogP contribution is 2.15. The molecule has 0 saturated heterocycles. The smallest absolute Gasteiger partial charge is 0.230 e. The summed E-state index contributed by atoms with van der Waals surface area (Å²) in [5.41, 5.74) is -0.188. The Kier molecular flexibility index (Phi) is 6.74. The Bertz CT molecular complexity index is 509. The predicted molar refractivity (Wildman–Crippen MR) is 70.1 cm³/mol. The van der Waals surface area contributed by atoms with Crippen LogP contribution in [-0.4, -0.2) is 24.5 Å². The topological polar surface area (TPSA) is 85.8 Å². The molecule has 21 heavy (non-hydrogen) atoms. The molecule has 0 aliphatic heterocycles. The summed E-state index contributed by atoms with van der Waals surface area (Å²) in [5.74, 6) is -3.68. The molecule has 0 spiro atoms. The molecule has 0 aromatic heterocycles. The van der Waals surface area contributed by atoms with E-state index in [4.69, 9.17) is 0 Å². The largest absolute Gasteiger partial charge is 0.544 e. The maximum atomic E-state index is 13.4. The average molecular weight is 300 g/mol. The van der Waals surface area contributed by atoms with Gasteiger partial charge >= 0.3 is 0 Å². The average Bonchev–Trinajstić information content (AvgIpc) is 2.41. The van der Waals surface area contributed by atoms with Crippen LogP contribution in [0.2, 0.25) is 0 Å². The first-order chi connectivity index (χ1) is 9.93. The molecular formula is C14H18F2N2O3. The lowest BCUT2D eigenvalue weighted by molar-refractivity contribution is -0.682. The first kappa shape index (κ1) is 17.0. The lowest BCUT2D eigenvalue weighted by Gasteiger charge is -2.16. The van der Waals surface area contributed by atoms with Crippen molar-refractivity contribution in [3.63, 3.8) is 0 Å². The van der Waals surface area contributed by atoms with Crippen molar-refractivity contribution in [2.75, 3.05) is 11.9 Å². The zero-order valence-electron chi connectivity index (χ0n) is 11.7. The van der Waals surface area contributed by atoms with Crippen LogP contribution in [0.5, 0.6) is 0 Å². The monoisotopic (exact) mass is 300 g/mol. The van der Waals surface area contributed by atoms with Crippen LogP contribution in [0.4, 0.5) is 14.5 Å². The Morgan fingerprint density at radius 3 is 2.67 bits per heavy atom. The molecular weight excluding hydrogens is 282 g/mol. The standard InChI is InChI=1S/C14H18F2N2O3/c1-2-3-6-17-12(14(20)21)8-13(19)18-11-5-4-9(15)7-10(11)16/h4-5,7,12,17H,2-3,6,8H2,1H3,(H,18,19)(H,20,21)/t12-/m0/s1. The van der Waals surface area contributed by atoms with Gasteiger partial charge in [0.2, 0.25) is 5.91 Å². The molecule has 3 N–H and O–H groups in total. The van der Waals surface area contributed by atoms with Crippen LogP contribution in [0.15, 0.2) is 18.2 Å². The number of anilines is 1. The summed E-state index contributed by atoms with van der Waals surface area (Å²) in [5, 5.41) is 14.7. The summed E-state index contributed by atoms with van der Waals surface area (Å²) in [6, 6.07) is 1.69. The summed E-state index contributed by atoms with van der Waals surface area (Å²) in [6.45, 7) is 2.53. The van der Waals surface area contributed by atoms with Gasteiger partial charge in [0.25, 0.3) is 0 Å². The number of rotatable bonds is 8. The van der Waals surface area contributed by atoms with E-state index in [-0.39, 0.29) is 12.1 Å². The number of carboxylic acid groups (broad SMARTS) is 1. The van der Waals surface area contributed by atoms with E-state index in [1.807, 2.05) is 6.92 Å². The van der Waals surface area contributed by atoms with Crippen LogP contribution in [-0.2, 0) is 9.59 Å². The SMILES string of the molecule is CCCC[NH2+][C@@H](CC(=O)Nc1ccc(F)cc1F)C(=O)[O-]. The highest BCUT2D eigenvalue weighted by Gasteiger charge is 2.18. The number of hydrogen-bond acceptors (Lipinski definition) is 3. The predicted octanol–water partition coefficient (Wildman–Crippen LogP) is -0.225. The fourth-order valence-electron chi connectivity index (χ4n) is 1.78. The van der Waals surface area contributed by atoms with E-state index in [0.29, 0.717) is 12.6 Å². The number of aliphatic carboxylic acids is 1. The zero-order valence-corrected chi connectivity index (χ0v) is 11.7. The van der Waals surface area contributed by atoms with Crippen LogP contribution in [0, 0.1) is 11.6 Å². The van der Waals surface area contributed by atoms with Gasteiger partial charge in [-0.1, -0.05) is 13.3 Å². The Hall–Kier alpha value is -2.02. The number of halogens is 2. The number of hydrogen-bond donors (Lipinski definition) is 2. The minimum absolute atomic E-state index is 0.188. The molecule has 0 aliphatic carbocycles. The lowest BCUT2D eigenvalue weighted by atomic mass is 10.2. The Morgan fingerprint density at radius 1 is 1.38 bits per heavy atom. The number of benzene rings is 1. The molecule has 1 rings (SSSR count). The van der Waals surface area contributed by atoms with Crippen LogP contribution in [0.3, 0.4) is 0 Å². The number of unbranched alkanes of at least 4 members (excludes halogenated alkanes) is 1. The molecule has 0 radical (unpaired) electrons. The molecule has 5 nitrogen and oxygen atoms in total. The van der Waals surface area contributed by atoms with Crippen LogP contribution in [0.1, 0.15) is 26.2 Å². The van der Waals surface area contributed by atoms with Gasteiger partial charge in [-0.25, -0.2) is 8.78 Å². The molecule has 7 heteroatoms. The molecule has 1 amide bonds. The highest BCUT2D eigenvalue weighted by atomic mass is 19.1. The Labute approximate surface area is 121 Å². The van der Waals surface area contributed by atoms with Gasteiger partial charge in [0.15, 0.2) is 0 Å². The number of amides is 1. The van der Waals surface area contributed by atoms with Gasteiger partial charge in [-0.2, -0.15) is 0 Å². The minimum Gasteiger partial charge on any atom is -0.544 e. The normalized spacial score (nSPS) is 12.0. The van der Waals surface area contributed by atoms with Crippen molar-refractivity contribution in [3.8, 4) is 0 Å². The van der Waals surface area contributed by atoms with E-state index >= 15 is 0 Å². The van der Waals surface area contributed by atoms with Crippen molar-refractivity contribution in [2.45, 2.75) is 32.2 Å². The fraction of sp³-hybridized carbons (Fsp3) is 0.429. The molecule has 0 unspecified atom stereocenters. The van der Waals surface area contributed by atoms with Crippen molar-refractivity contribution >= 4 is 17.6 Å². The molecule has 0 fully saturated rings. The van der Waals surface area contributed by atoms with Gasteiger partial charge in [-0.15, -0.1) is 0 Å². The van der Waals surface area contributed by atoms with Gasteiger partial charge in [0.05, 0.1) is 24.6 Å². The van der Waals surface area contributed by atoms with Crippen molar-refractivity contribution in [2.24, 2.45) is 0 Å². The molecule has 1 atom stereocenters. The third-order valence-electron chi connectivity index (χ3n) is 2.92. The van der Waals surface area contributed by atoms with Crippen LogP contribution in [0.25, 0.3) is 0 Å². The number of quaternary nitrogens is 1. The van der Waals surface area contributed by atoms with E-state index in [9.17, 15) is 23.5 Å². The Morgan fingerprint density at radius 2 is 2.10 bits per heavy atom. The number of carboxylic acids is 1. The first-order valence-corrected chi connectivity index (χ1v) is 6.73. The van der Waals surface area contributed by atoms with E-state index in [1.165, 1.54) is 5.32 Å². The molecule has 0 aliphatic rings. The summed E-state index contributed by atoms with van der Waals surface area (Å²) < 4.78 is 26.1. The fourth-order valence-corrected chi connectivity index (χ4v) is 1.78. The zero-order chi connectivity index (χ0) is 15.8. The summed E-state index contributed by atoms with van der Waals surface area (Å²) in [7, 11) is 0. The van der Waals surface area contributed by atoms with E-state index in [0.717, 1.165) is 25.0 Å². The molecule has 1 aromatic carbocycles. The van der Waals surface area contributed by atoms with Crippen molar-refractivity contribution in [1.29, 1.82) is 0 Å². The second-order valence-electron chi connectivity index (χ2n) is 4.68. The number of carbonyl (C=O) groups is 2. The van der Waals surface area contributed by atoms with Gasteiger partial charge in [0.1, 0.15) is 17.7 Å². The lowest BCUT2D eigenvalue weighted by Crippen LogP contribution is -2.93. The first-order valence-electron chi connectivity index (χ1n) is 6.73. The quantitative estimate of drug-likeness (QED) is 0.651. The van der Waals surface area contributed by atoms with Crippen LogP contribution < -0.4 is 15.7 Å². The molecule has 0 bridgehead atoms. The second-order valence-corrected chi connectivity index (χ2v) is 4.68. The minimum atomic E-state index is -1.35. The van der Waals surface area contributed by atoms with Crippen molar-refractivity contribution in [1.82, 2.24) is 0 Å². The Balaban J connectivity index is 2.59. The number of carbonyl (C=O) groups excluding carboxylic acids is 2. The summed E-state index contributed by atoms with van der Waals surface area (Å²) in [4.78, 5) is 22.7. The van der Waals surface area contributed by atoms with Gasteiger partial charge < -0.3 is 20.5 Å². The highest BCUT2D eigenvalue weighted by molar-refractivity contribution is 5.93. The van der Waals surface area contributed by atoms with E-state index in [2.05, 4.69) is 5.32 Å².